The van der Waals surface area contributed by atoms with E-state index in [9.17, 15) is 0 Å². The Bertz CT molecular complexity index is 598. The predicted molar refractivity (Wildman–Crippen MR) is 131 cm³/mol. The molecule has 2 unspecified atom stereocenters. The van der Waals surface area contributed by atoms with Crippen LogP contribution in [0.1, 0.15) is 38.8 Å². The molecule has 2 atom stereocenters. The molecule has 1 aliphatic heterocycles. The van der Waals surface area contributed by atoms with Crippen molar-refractivity contribution in [3.8, 4) is 0 Å². The van der Waals surface area contributed by atoms with Gasteiger partial charge in [0, 0.05) is 51.3 Å². The second-order valence-corrected chi connectivity index (χ2v) is 8.23. The Labute approximate surface area is 193 Å². The summed E-state index contributed by atoms with van der Waals surface area (Å²) in [6.45, 7) is 11.6. The van der Waals surface area contributed by atoms with Gasteiger partial charge in [-0.2, -0.15) is 0 Å². The maximum atomic E-state index is 5.70. The Morgan fingerprint density at radius 1 is 1.28 bits per heavy atom. The van der Waals surface area contributed by atoms with Crippen LogP contribution < -0.4 is 10.6 Å². The molecule has 0 radical (unpaired) electrons. The molecule has 2 N–H and O–H groups in total. The number of aliphatic imine (C=N–C) groups is 1. The van der Waals surface area contributed by atoms with Crippen molar-refractivity contribution in [2.45, 2.75) is 38.8 Å². The fourth-order valence-corrected chi connectivity index (χ4v) is 3.65. The molecule has 0 saturated carbocycles. The van der Waals surface area contributed by atoms with Gasteiger partial charge in [-0.1, -0.05) is 30.3 Å². The lowest BCUT2D eigenvalue weighted by Gasteiger charge is -2.32. The number of nitrogens with one attached hydrogen (secondary N) is 2. The average Bonchev–Trinajstić information content (AvgIpc) is 3.15. The summed E-state index contributed by atoms with van der Waals surface area (Å²) in [5, 5.41) is 7.28. The Morgan fingerprint density at radius 3 is 2.66 bits per heavy atom. The number of hydrogen-bond acceptors (Lipinski definition) is 4. The highest BCUT2D eigenvalue weighted by Crippen LogP contribution is 2.18. The van der Waals surface area contributed by atoms with E-state index in [-0.39, 0.29) is 29.5 Å². The first-order valence-electron chi connectivity index (χ1n) is 10.3. The maximum Gasteiger partial charge on any atom is 0.193 e. The third kappa shape index (κ3) is 9.19. The van der Waals surface area contributed by atoms with E-state index < -0.39 is 0 Å². The molecule has 1 fully saturated rings. The number of nitrogens with zero attached hydrogens (tertiary/aromatic N) is 2. The van der Waals surface area contributed by atoms with Crippen molar-refractivity contribution in [3.05, 3.63) is 35.9 Å². The van der Waals surface area contributed by atoms with Crippen LogP contribution in [0.3, 0.4) is 0 Å². The highest BCUT2D eigenvalue weighted by Gasteiger charge is 2.27. The minimum absolute atomic E-state index is 0. The predicted octanol–water partition coefficient (Wildman–Crippen LogP) is 3.29. The van der Waals surface area contributed by atoms with Crippen molar-refractivity contribution in [3.63, 3.8) is 0 Å². The van der Waals surface area contributed by atoms with Crippen molar-refractivity contribution < 1.29 is 9.47 Å². The van der Waals surface area contributed by atoms with Crippen molar-refractivity contribution in [2.24, 2.45) is 10.9 Å². The summed E-state index contributed by atoms with van der Waals surface area (Å²) in [4.78, 5) is 6.83. The number of ether oxygens (including phenoxy) is 2. The lowest BCUT2D eigenvalue weighted by molar-refractivity contribution is 0.0536. The molecule has 1 heterocycles. The van der Waals surface area contributed by atoms with Crippen LogP contribution in [0.2, 0.25) is 0 Å². The normalized spacial score (nSPS) is 18.4. The van der Waals surface area contributed by atoms with Crippen LogP contribution in [0.15, 0.2) is 35.3 Å². The molecule has 0 spiro atoms. The van der Waals surface area contributed by atoms with E-state index in [2.05, 4.69) is 71.6 Å². The molecule has 1 aromatic carbocycles. The summed E-state index contributed by atoms with van der Waals surface area (Å²) in [5.74, 6) is 1.53. The molecular weight excluding hydrogens is 479 g/mol. The highest BCUT2D eigenvalue weighted by atomic mass is 127. The summed E-state index contributed by atoms with van der Waals surface area (Å²) in [5.41, 5.74) is 1.24. The molecule has 6 nitrogen and oxygen atoms in total. The van der Waals surface area contributed by atoms with E-state index >= 15 is 0 Å². The first-order chi connectivity index (χ1) is 13.4. The van der Waals surface area contributed by atoms with E-state index in [1.165, 1.54) is 5.56 Å². The van der Waals surface area contributed by atoms with Crippen molar-refractivity contribution in [1.29, 1.82) is 0 Å². The second kappa shape index (κ2) is 13.4. The molecule has 0 aromatic heterocycles. The van der Waals surface area contributed by atoms with Crippen LogP contribution >= 0.6 is 24.0 Å². The van der Waals surface area contributed by atoms with Gasteiger partial charge in [0.05, 0.1) is 19.8 Å². The van der Waals surface area contributed by atoms with Gasteiger partial charge in [0.15, 0.2) is 5.96 Å². The summed E-state index contributed by atoms with van der Waals surface area (Å²) in [6, 6.07) is 10.9. The van der Waals surface area contributed by atoms with Crippen LogP contribution in [0.5, 0.6) is 0 Å². The standard InChI is InChI=1S/C22H38N4O2.HI/c1-18(20-9-7-6-8-10-20)25-22(2,3)17-24-21(23-4)26-12-11-19(15-26)16-28-14-13-27-5;/h6-10,18-19,25H,11-17H2,1-5H3,(H,23,24);1H. The third-order valence-corrected chi connectivity index (χ3v) is 5.18. The van der Waals surface area contributed by atoms with Gasteiger partial charge in [0.25, 0.3) is 0 Å². The molecule has 166 valence electrons. The molecule has 7 heteroatoms. The molecule has 1 saturated heterocycles. The SMILES string of the molecule is CN=C(NCC(C)(C)NC(C)c1ccccc1)N1CCC(COCCOC)C1.I. The number of likely N-dealkylation sites (tertiary alicyclic amines) is 1. The van der Waals surface area contributed by atoms with Gasteiger partial charge >= 0.3 is 0 Å². The van der Waals surface area contributed by atoms with Crippen LogP contribution in [0.4, 0.5) is 0 Å². The number of hydrogen-bond donors (Lipinski definition) is 2. The molecule has 1 aromatic rings. The van der Waals surface area contributed by atoms with E-state index in [0.717, 1.165) is 38.6 Å². The first kappa shape index (κ1) is 26.1. The van der Waals surface area contributed by atoms with Crippen molar-refractivity contribution in [2.75, 3.05) is 53.6 Å². The fourth-order valence-electron chi connectivity index (χ4n) is 3.65. The van der Waals surface area contributed by atoms with Gasteiger partial charge in [-0.15, -0.1) is 24.0 Å². The summed E-state index contributed by atoms with van der Waals surface area (Å²) in [6.07, 6.45) is 1.14. The largest absolute Gasteiger partial charge is 0.382 e. The lowest BCUT2D eigenvalue weighted by Crippen LogP contribution is -2.52. The van der Waals surface area contributed by atoms with Gasteiger partial charge in [-0.3, -0.25) is 4.99 Å². The zero-order valence-electron chi connectivity index (χ0n) is 18.6. The summed E-state index contributed by atoms with van der Waals surface area (Å²) < 4.78 is 10.7. The summed E-state index contributed by atoms with van der Waals surface area (Å²) >= 11 is 0. The Hall–Kier alpha value is -0.900. The van der Waals surface area contributed by atoms with Gasteiger partial charge in [-0.25, -0.2) is 0 Å². The quantitative estimate of drug-likeness (QED) is 0.216. The number of halogens is 1. The van der Waals surface area contributed by atoms with Crippen LogP contribution in [-0.4, -0.2) is 70.0 Å². The molecule has 2 rings (SSSR count). The fraction of sp³-hybridized carbons (Fsp3) is 0.682. The van der Waals surface area contributed by atoms with E-state index in [0.29, 0.717) is 25.2 Å². The molecule has 0 aliphatic carbocycles. The zero-order valence-corrected chi connectivity index (χ0v) is 20.9. The molecule has 29 heavy (non-hydrogen) atoms. The number of rotatable bonds is 10. The topological polar surface area (TPSA) is 58.1 Å². The van der Waals surface area contributed by atoms with Crippen molar-refractivity contribution >= 4 is 29.9 Å². The first-order valence-corrected chi connectivity index (χ1v) is 10.3. The minimum atomic E-state index is -0.0619. The molecule has 0 amide bonds. The Kier molecular flexibility index (Phi) is 12.1. The average molecular weight is 518 g/mol. The number of methoxy groups -OCH3 is 1. The van der Waals surface area contributed by atoms with E-state index in [1.807, 2.05) is 7.05 Å². The molecule has 1 aliphatic rings. The van der Waals surface area contributed by atoms with Crippen LogP contribution in [0, 0.1) is 5.92 Å². The van der Waals surface area contributed by atoms with E-state index in [1.54, 1.807) is 7.11 Å². The number of guanidine groups is 1. The maximum absolute atomic E-state index is 5.70. The van der Waals surface area contributed by atoms with Gasteiger partial charge in [0.1, 0.15) is 0 Å². The number of benzene rings is 1. The monoisotopic (exact) mass is 518 g/mol. The highest BCUT2D eigenvalue weighted by molar-refractivity contribution is 14.0. The Balaban J connectivity index is 0.00000420. The van der Waals surface area contributed by atoms with Gasteiger partial charge in [0.2, 0.25) is 0 Å². The smallest absolute Gasteiger partial charge is 0.193 e. The van der Waals surface area contributed by atoms with E-state index in [4.69, 9.17) is 9.47 Å². The third-order valence-electron chi connectivity index (χ3n) is 5.18. The molecular formula is C22H39IN4O2. The van der Waals surface area contributed by atoms with Crippen molar-refractivity contribution in [1.82, 2.24) is 15.5 Å². The van der Waals surface area contributed by atoms with Crippen LogP contribution in [-0.2, 0) is 9.47 Å². The summed E-state index contributed by atoms with van der Waals surface area (Å²) in [7, 11) is 3.56. The Morgan fingerprint density at radius 2 is 2.00 bits per heavy atom. The molecule has 0 bridgehead atoms. The minimum Gasteiger partial charge on any atom is -0.382 e. The lowest BCUT2D eigenvalue weighted by atomic mass is 10.0. The van der Waals surface area contributed by atoms with Crippen LogP contribution in [0.25, 0.3) is 0 Å². The van der Waals surface area contributed by atoms with Gasteiger partial charge in [-0.05, 0) is 32.8 Å². The van der Waals surface area contributed by atoms with Gasteiger partial charge < -0.3 is 25.0 Å². The zero-order chi connectivity index (χ0) is 20.4. The second-order valence-electron chi connectivity index (χ2n) is 8.23.